The quantitative estimate of drug-likeness (QED) is 0.485. The first-order valence-electron chi connectivity index (χ1n) is 6.35. The van der Waals surface area contributed by atoms with E-state index < -0.39 is 67.9 Å². The third kappa shape index (κ3) is 3.99. The molecule has 0 saturated carbocycles. The molecule has 0 aromatic carbocycles. The molecule has 0 aromatic rings. The molecule has 192 valence electrons. The molecule has 0 aliphatic heterocycles. The minimum Gasteiger partial charge on any atom is -0.267 e. The van der Waals surface area contributed by atoms with Gasteiger partial charge in [-0.05, 0) is 0 Å². The number of carbonyl (C=O) groups excluding carboxylic acids is 1. The van der Waals surface area contributed by atoms with E-state index in [4.69, 9.17) is 0 Å². The highest BCUT2D eigenvalue weighted by atomic mass is 32.2. The summed E-state index contributed by atoms with van der Waals surface area (Å²) in [6.07, 6.45) is -15.3. The third-order valence-corrected chi connectivity index (χ3v) is 4.50. The lowest BCUT2D eigenvalue weighted by atomic mass is 10.0. The van der Waals surface area contributed by atoms with Gasteiger partial charge in [0.15, 0.2) is 0 Å². The lowest BCUT2D eigenvalue weighted by Gasteiger charge is -2.34. The minimum absolute atomic E-state index is 1.33. The van der Waals surface area contributed by atoms with Crippen LogP contribution in [0.5, 0.6) is 0 Å². The van der Waals surface area contributed by atoms with E-state index >= 15 is 0 Å². The zero-order valence-corrected chi connectivity index (χ0v) is 14.3. The summed E-state index contributed by atoms with van der Waals surface area (Å²) < 4.78 is 246. The number of carbonyl (C=O) groups is 1. The second-order valence-corrected chi connectivity index (χ2v) is 7.04. The van der Waals surface area contributed by atoms with Crippen LogP contribution in [0.4, 0.5) is 79.0 Å². The summed E-state index contributed by atoms with van der Waals surface area (Å²) in [7, 11) is -8.39. The molecule has 0 aliphatic carbocycles. The Balaban J connectivity index is 6.42. The molecule has 0 atom stereocenters. The molecule has 0 spiro atoms. The first kappa shape index (κ1) is 30.2. The number of amides is 1. The number of rotatable bonds is 7. The molecule has 0 saturated heterocycles. The smallest absolute Gasteiger partial charge is 0.267 e. The Hall–Kier alpha value is -1.84. The highest BCUT2D eigenvalue weighted by Gasteiger charge is 2.87. The first-order chi connectivity index (χ1) is 13.4. The summed E-state index contributed by atoms with van der Waals surface area (Å²) in [4.78, 5) is 10.7. The molecular formula is C9HF18NO3S. The van der Waals surface area contributed by atoms with E-state index in [9.17, 15) is 92.2 Å². The standard InChI is InChI=1S/C9HF18NO3S/c10-2(11,3(12,13)4(14,15)7(20,21)22)1(29)28-32(30,31)9(26,27)6(18,19)5(16,17)8(23,24)25/h(H,28,29). The Kier molecular flexibility index (Phi) is 6.91. The lowest BCUT2D eigenvalue weighted by Crippen LogP contribution is -2.68. The van der Waals surface area contributed by atoms with Crippen molar-refractivity contribution in [1.29, 1.82) is 0 Å². The summed E-state index contributed by atoms with van der Waals surface area (Å²) in [5.41, 5.74) is 0. The van der Waals surface area contributed by atoms with Gasteiger partial charge in [0.1, 0.15) is 0 Å². The molecule has 32 heavy (non-hydrogen) atoms. The van der Waals surface area contributed by atoms with Crippen molar-refractivity contribution in [2.45, 2.75) is 47.2 Å². The summed E-state index contributed by atoms with van der Waals surface area (Å²) in [6, 6.07) is 0. The van der Waals surface area contributed by atoms with Gasteiger partial charge in [-0.1, -0.05) is 0 Å². The van der Waals surface area contributed by atoms with Crippen LogP contribution in [0, 0.1) is 0 Å². The number of nitrogens with one attached hydrogen (secondary N) is 1. The van der Waals surface area contributed by atoms with Crippen LogP contribution in [-0.2, 0) is 14.8 Å². The van der Waals surface area contributed by atoms with Crippen molar-refractivity contribution in [3.05, 3.63) is 0 Å². The average Bonchev–Trinajstić information content (AvgIpc) is 2.51. The Morgan fingerprint density at radius 2 is 0.781 bits per heavy atom. The molecule has 0 fully saturated rings. The highest BCUT2D eigenvalue weighted by Crippen LogP contribution is 2.55. The van der Waals surface area contributed by atoms with Crippen LogP contribution < -0.4 is 4.72 Å². The maximum absolute atomic E-state index is 13.2. The van der Waals surface area contributed by atoms with Crippen LogP contribution in [0.15, 0.2) is 0 Å². The van der Waals surface area contributed by atoms with E-state index in [0.29, 0.717) is 0 Å². The zero-order chi connectivity index (χ0) is 26.8. The van der Waals surface area contributed by atoms with Gasteiger partial charge in [0, 0.05) is 0 Å². The number of halogens is 18. The van der Waals surface area contributed by atoms with E-state index in [1.165, 1.54) is 0 Å². The van der Waals surface area contributed by atoms with Crippen LogP contribution in [0.2, 0.25) is 0 Å². The molecule has 1 N–H and O–H groups in total. The average molecular weight is 545 g/mol. The van der Waals surface area contributed by atoms with E-state index in [1.54, 1.807) is 0 Å². The summed E-state index contributed by atoms with van der Waals surface area (Å²) in [5, 5.41) is -7.98. The number of hydrogen-bond donors (Lipinski definition) is 1. The molecule has 0 unspecified atom stereocenters. The van der Waals surface area contributed by atoms with Gasteiger partial charge in [-0.25, -0.2) is 4.72 Å². The molecule has 0 bridgehead atoms. The van der Waals surface area contributed by atoms with Crippen molar-refractivity contribution >= 4 is 15.9 Å². The first-order valence-corrected chi connectivity index (χ1v) is 7.83. The lowest BCUT2D eigenvalue weighted by molar-refractivity contribution is -0.388. The van der Waals surface area contributed by atoms with Gasteiger partial charge in [0.25, 0.3) is 0 Å². The fourth-order valence-corrected chi connectivity index (χ4v) is 2.26. The molecule has 1 amide bonds. The Bertz CT molecular complexity index is 837. The zero-order valence-electron chi connectivity index (χ0n) is 13.4. The molecular weight excluding hydrogens is 544 g/mol. The third-order valence-electron chi connectivity index (χ3n) is 3.11. The maximum atomic E-state index is 13.2. The summed E-state index contributed by atoms with van der Waals surface area (Å²) in [6.45, 7) is 0. The maximum Gasteiger partial charge on any atom is 0.460 e. The number of hydrogen-bond acceptors (Lipinski definition) is 3. The SMILES string of the molecule is O=C(NS(=O)(=O)C(F)(F)C(F)(F)C(F)(F)C(F)(F)F)C(F)(F)C(F)(F)C(F)(F)C(F)(F)F. The van der Waals surface area contributed by atoms with Crippen molar-refractivity contribution in [3.63, 3.8) is 0 Å². The van der Waals surface area contributed by atoms with Crippen molar-refractivity contribution < 1.29 is 92.2 Å². The van der Waals surface area contributed by atoms with Crippen LogP contribution in [0.1, 0.15) is 0 Å². The van der Waals surface area contributed by atoms with Crippen molar-refractivity contribution in [2.75, 3.05) is 0 Å². The van der Waals surface area contributed by atoms with Gasteiger partial charge in [-0.2, -0.15) is 87.4 Å². The normalized spacial score (nSPS) is 16.2. The second-order valence-electron chi connectivity index (χ2n) is 5.32. The van der Waals surface area contributed by atoms with Crippen LogP contribution in [0.25, 0.3) is 0 Å². The van der Waals surface area contributed by atoms with Gasteiger partial charge < -0.3 is 0 Å². The molecule has 0 radical (unpaired) electrons. The van der Waals surface area contributed by atoms with Crippen LogP contribution >= 0.6 is 0 Å². The Morgan fingerprint density at radius 1 is 0.500 bits per heavy atom. The minimum atomic E-state index is -8.39. The topological polar surface area (TPSA) is 63.2 Å². The summed E-state index contributed by atoms with van der Waals surface area (Å²) in [5.74, 6) is -44.7. The molecule has 23 heteroatoms. The molecule has 0 aromatic heterocycles. The highest BCUT2D eigenvalue weighted by molar-refractivity contribution is 7.91. The van der Waals surface area contributed by atoms with Gasteiger partial charge in [0.2, 0.25) is 0 Å². The second kappa shape index (κ2) is 7.33. The molecule has 0 heterocycles. The van der Waals surface area contributed by atoms with Crippen molar-refractivity contribution in [3.8, 4) is 0 Å². The number of sulfonamides is 1. The predicted octanol–water partition coefficient (Wildman–Crippen LogP) is 4.33. The largest absolute Gasteiger partial charge is 0.460 e. The van der Waals surface area contributed by atoms with E-state index in [-0.39, 0.29) is 0 Å². The predicted molar refractivity (Wildman–Crippen MR) is 58.9 cm³/mol. The molecule has 0 rings (SSSR count). The fraction of sp³-hybridized carbons (Fsp3) is 0.889. The van der Waals surface area contributed by atoms with Gasteiger partial charge in [-0.3, -0.25) is 4.79 Å². The van der Waals surface area contributed by atoms with Crippen molar-refractivity contribution in [1.82, 2.24) is 4.72 Å². The Labute approximate surface area is 161 Å². The fourth-order valence-electron chi connectivity index (χ4n) is 1.30. The monoisotopic (exact) mass is 545 g/mol. The van der Waals surface area contributed by atoms with Crippen LogP contribution in [-0.4, -0.2) is 61.5 Å². The van der Waals surface area contributed by atoms with Crippen molar-refractivity contribution in [2.24, 2.45) is 0 Å². The molecule has 0 aliphatic rings. The number of alkyl halides is 18. The summed E-state index contributed by atoms with van der Waals surface area (Å²) >= 11 is 0. The molecule has 4 nitrogen and oxygen atoms in total. The van der Waals surface area contributed by atoms with E-state index in [0.717, 1.165) is 0 Å². The van der Waals surface area contributed by atoms with E-state index in [2.05, 4.69) is 0 Å². The van der Waals surface area contributed by atoms with Crippen LogP contribution in [0.3, 0.4) is 0 Å². The van der Waals surface area contributed by atoms with E-state index in [1.807, 2.05) is 0 Å². The van der Waals surface area contributed by atoms with Gasteiger partial charge >= 0.3 is 63.2 Å². The Morgan fingerprint density at radius 3 is 1.06 bits per heavy atom. The van der Waals surface area contributed by atoms with Gasteiger partial charge in [-0.15, -0.1) is 0 Å². The van der Waals surface area contributed by atoms with Gasteiger partial charge in [0.05, 0.1) is 0 Å².